The predicted molar refractivity (Wildman–Crippen MR) is 32.3 cm³/mol. The number of hydrogen-bond donors (Lipinski definition) is 2. The Morgan fingerprint density at radius 1 is 1.58 bits per heavy atom. The second-order valence-electron chi connectivity index (χ2n) is 1.96. The minimum absolute atomic E-state index is 0.153. The van der Waals surface area contributed by atoms with Crippen LogP contribution in [0.5, 0.6) is 0 Å². The highest BCUT2D eigenvalue weighted by molar-refractivity contribution is 8.14. The molecule has 1 heterocycles. The van der Waals surface area contributed by atoms with Crippen molar-refractivity contribution >= 4 is 16.9 Å². The van der Waals surface area contributed by atoms with Crippen molar-refractivity contribution in [2.75, 3.05) is 5.75 Å². The fraction of sp³-hybridized carbons (Fsp3) is 0.750. The summed E-state index contributed by atoms with van der Waals surface area (Å²) >= 11 is 1.34. The summed E-state index contributed by atoms with van der Waals surface area (Å²) < 4.78 is 32.7. The zero-order chi connectivity index (χ0) is 9.78. The molecule has 3 N–H and O–H groups in total. The van der Waals surface area contributed by atoms with Crippen LogP contribution in [0.15, 0.2) is 0 Å². The van der Waals surface area contributed by atoms with E-state index in [0.717, 1.165) is 12.2 Å². The number of carbonyl (C=O) groups is 1. The van der Waals surface area contributed by atoms with E-state index in [0.29, 0.717) is 0 Å². The molecule has 0 aliphatic carbocycles. The van der Waals surface area contributed by atoms with Crippen LogP contribution in [0.3, 0.4) is 0 Å². The van der Waals surface area contributed by atoms with Crippen molar-refractivity contribution in [1.82, 2.24) is 0 Å². The summed E-state index contributed by atoms with van der Waals surface area (Å²) in [5, 5.41) is 0.153. The first-order chi connectivity index (χ1) is 5.30. The van der Waals surface area contributed by atoms with Crippen LogP contribution >= 0.6 is 11.8 Å². The zero-order valence-electron chi connectivity index (χ0n) is 5.94. The molecule has 0 aromatic heterocycles. The first kappa shape index (κ1) is 12.1. The molecule has 8 heteroatoms. The summed E-state index contributed by atoms with van der Waals surface area (Å²) in [7, 11) is -4.69. The Labute approximate surface area is 75.1 Å². The number of hydrogen-bond acceptors (Lipinski definition) is 7. The molecule has 72 valence electrons. The Balaban J connectivity index is 0.000000217. The molecule has 1 aliphatic heterocycles. The van der Waals surface area contributed by atoms with Gasteiger partial charge in [-0.3, -0.25) is 4.79 Å². The highest BCUT2D eigenvalue weighted by atomic mass is 35.7. The summed E-state index contributed by atoms with van der Waals surface area (Å²) in [5.74, 6) is 0.917. The van der Waals surface area contributed by atoms with Crippen molar-refractivity contribution in [2.45, 2.75) is 12.5 Å². The molecule has 0 spiro atoms. The monoisotopic (exact) mass is 217 g/mol. The van der Waals surface area contributed by atoms with E-state index in [9.17, 15) is 4.79 Å². The van der Waals surface area contributed by atoms with Gasteiger partial charge in [0.25, 0.3) is 0 Å². The van der Waals surface area contributed by atoms with Gasteiger partial charge in [0.2, 0.25) is 5.12 Å². The zero-order valence-corrected chi connectivity index (χ0v) is 7.51. The van der Waals surface area contributed by atoms with Gasteiger partial charge in [-0.05, 0) is 6.42 Å². The Kier molecular flexibility index (Phi) is 5.02. The molecule has 1 rings (SSSR count). The van der Waals surface area contributed by atoms with Crippen LogP contribution in [-0.4, -0.2) is 21.6 Å². The fourth-order valence-electron chi connectivity index (χ4n) is 0.511. The molecule has 1 saturated heterocycles. The largest absolute Gasteiger partial charge is 0.321 e. The summed E-state index contributed by atoms with van der Waals surface area (Å²) in [6.45, 7) is 0. The van der Waals surface area contributed by atoms with Crippen molar-refractivity contribution in [2.24, 2.45) is 5.73 Å². The van der Waals surface area contributed by atoms with Gasteiger partial charge in [-0.25, -0.2) is 0 Å². The van der Waals surface area contributed by atoms with Crippen LogP contribution in [0, 0.1) is 10.2 Å². The molecule has 0 amide bonds. The standard InChI is InChI=1S/C4H7NOS.ClHO4/c5-3-1-2-7-4(3)6;2-1(3,4)5/h3H,1-2,5H2;(H,2,3,4,5)/t3-;/m0./s1. The highest BCUT2D eigenvalue weighted by Crippen LogP contribution is 2.16. The fourth-order valence-corrected chi connectivity index (χ4v) is 1.42. The van der Waals surface area contributed by atoms with Crippen LogP contribution in [0.4, 0.5) is 0 Å². The summed E-state index contributed by atoms with van der Waals surface area (Å²) in [5.41, 5.74) is 5.31. The minimum Gasteiger partial charge on any atom is -0.321 e. The number of halogens is 1. The van der Waals surface area contributed by atoms with Gasteiger partial charge >= 0.3 is 0 Å². The van der Waals surface area contributed by atoms with Gasteiger partial charge in [-0.1, -0.05) is 11.8 Å². The van der Waals surface area contributed by atoms with E-state index in [4.69, 9.17) is 24.4 Å². The van der Waals surface area contributed by atoms with Crippen molar-refractivity contribution < 1.29 is 33.7 Å². The number of thioether (sulfide) groups is 1. The molecule has 0 bridgehead atoms. The van der Waals surface area contributed by atoms with Gasteiger partial charge in [0.15, 0.2) is 0 Å². The van der Waals surface area contributed by atoms with E-state index >= 15 is 0 Å². The number of carbonyl (C=O) groups excluding carboxylic acids is 1. The smallest absolute Gasteiger partial charge is 0.205 e. The maximum absolute atomic E-state index is 10.4. The van der Waals surface area contributed by atoms with E-state index in [1.54, 1.807) is 0 Å². The van der Waals surface area contributed by atoms with Gasteiger partial charge in [-0.15, -0.1) is 0 Å². The summed E-state index contributed by atoms with van der Waals surface area (Å²) in [4.78, 5) is 10.4. The first-order valence-electron chi connectivity index (χ1n) is 2.86. The van der Waals surface area contributed by atoms with E-state index in [1.807, 2.05) is 0 Å². The average Bonchev–Trinajstić information content (AvgIpc) is 2.12. The van der Waals surface area contributed by atoms with Crippen LogP contribution in [0.2, 0.25) is 0 Å². The molecule has 6 nitrogen and oxygen atoms in total. The van der Waals surface area contributed by atoms with E-state index < -0.39 is 10.2 Å². The van der Waals surface area contributed by atoms with Gasteiger partial charge in [0.1, 0.15) is 0 Å². The van der Waals surface area contributed by atoms with Crippen LogP contribution < -0.4 is 19.7 Å². The van der Waals surface area contributed by atoms with Crippen LogP contribution in [-0.2, 0) is 4.79 Å². The van der Waals surface area contributed by atoms with Crippen LogP contribution in [0.25, 0.3) is 0 Å². The Morgan fingerprint density at radius 2 is 2.00 bits per heavy atom. The lowest BCUT2D eigenvalue weighted by Gasteiger charge is -2.03. The van der Waals surface area contributed by atoms with E-state index in [2.05, 4.69) is 0 Å². The molecule has 0 radical (unpaired) electrons. The summed E-state index contributed by atoms with van der Waals surface area (Å²) in [6.07, 6.45) is 0.865. The Morgan fingerprint density at radius 3 is 2.08 bits per heavy atom. The second kappa shape index (κ2) is 4.97. The van der Waals surface area contributed by atoms with Gasteiger partial charge in [0.05, 0.1) is 20.9 Å². The van der Waals surface area contributed by atoms with Crippen molar-refractivity contribution in [3.8, 4) is 0 Å². The molecule has 1 fully saturated rings. The molecule has 1 atom stereocenters. The Bertz CT molecular complexity index is 154. The van der Waals surface area contributed by atoms with Crippen molar-refractivity contribution in [3.05, 3.63) is 0 Å². The van der Waals surface area contributed by atoms with E-state index in [1.165, 1.54) is 11.8 Å². The maximum atomic E-state index is 10.4. The average molecular weight is 218 g/mol. The molecule has 1 aliphatic rings. The maximum Gasteiger partial charge on any atom is 0.205 e. The molecule has 12 heavy (non-hydrogen) atoms. The Hall–Kier alpha value is 0.110. The minimum atomic E-state index is -4.69. The molecular formula is C4H8ClNO5S. The first-order valence-corrected chi connectivity index (χ1v) is 5.11. The quantitative estimate of drug-likeness (QED) is 0.421. The molecule has 0 saturated carbocycles. The molecule has 0 aromatic carbocycles. The van der Waals surface area contributed by atoms with Gasteiger partial charge in [-0.2, -0.15) is 14.0 Å². The second-order valence-corrected chi connectivity index (χ2v) is 3.85. The van der Waals surface area contributed by atoms with E-state index in [-0.39, 0.29) is 11.2 Å². The SMILES string of the molecule is N[C@H]1CCSC1=O.[O-][Cl+3]([O-])([O-])O. The lowest BCUT2D eigenvalue weighted by atomic mass is 10.3. The molecular weight excluding hydrogens is 210 g/mol. The normalized spacial score (nSPS) is 23.4. The third-order valence-electron chi connectivity index (χ3n) is 0.976. The number of rotatable bonds is 0. The van der Waals surface area contributed by atoms with Crippen molar-refractivity contribution in [1.29, 1.82) is 0 Å². The lowest BCUT2D eigenvalue weighted by molar-refractivity contribution is -1.92. The predicted octanol–water partition coefficient (Wildman–Crippen LogP) is -4.15. The third kappa shape index (κ3) is 8.21. The van der Waals surface area contributed by atoms with Crippen LogP contribution in [0.1, 0.15) is 6.42 Å². The highest BCUT2D eigenvalue weighted by Gasteiger charge is 2.20. The topological polar surface area (TPSA) is 132 Å². The lowest BCUT2D eigenvalue weighted by Crippen LogP contribution is -2.58. The number of nitrogens with two attached hydrogens (primary N) is 1. The summed E-state index contributed by atoms with van der Waals surface area (Å²) in [6, 6.07) is -0.162. The third-order valence-corrected chi connectivity index (χ3v) is 2.00. The van der Waals surface area contributed by atoms with Crippen molar-refractivity contribution in [3.63, 3.8) is 0 Å². The van der Waals surface area contributed by atoms with Gasteiger partial charge in [0, 0.05) is 5.75 Å². The molecule has 0 unspecified atom stereocenters. The molecule has 0 aromatic rings. The van der Waals surface area contributed by atoms with Gasteiger partial charge < -0.3 is 5.73 Å².